The van der Waals surface area contributed by atoms with Crippen molar-refractivity contribution in [2.24, 2.45) is 5.41 Å². The summed E-state index contributed by atoms with van der Waals surface area (Å²) in [4.78, 5) is 25.1. The van der Waals surface area contributed by atoms with Gasteiger partial charge >= 0.3 is 11.9 Å². The van der Waals surface area contributed by atoms with Gasteiger partial charge in [0.15, 0.2) is 5.41 Å². The lowest BCUT2D eigenvalue weighted by Crippen LogP contribution is -2.41. The minimum Gasteiger partial charge on any atom is -0.465 e. The molecule has 0 aliphatic carbocycles. The second-order valence-electron chi connectivity index (χ2n) is 5.43. The van der Waals surface area contributed by atoms with E-state index in [-0.39, 0.29) is 26.1 Å². The third-order valence-electron chi connectivity index (χ3n) is 3.27. The molecule has 128 valence electrons. The molecular formula is C19H28O4. The normalized spacial score (nSPS) is 11.3. The minimum absolute atomic E-state index is 0.177. The molecule has 0 fully saturated rings. The van der Waals surface area contributed by atoms with Crippen LogP contribution in [0.15, 0.2) is 41.7 Å². The molecule has 0 aromatic carbocycles. The molecule has 0 rings (SSSR count). The summed E-state index contributed by atoms with van der Waals surface area (Å²) in [6, 6.07) is 0. The number of hydrogen-bond donors (Lipinski definition) is 0. The van der Waals surface area contributed by atoms with Crippen LogP contribution >= 0.6 is 0 Å². The van der Waals surface area contributed by atoms with Gasteiger partial charge in [0.1, 0.15) is 0 Å². The van der Waals surface area contributed by atoms with E-state index in [9.17, 15) is 9.59 Å². The zero-order chi connectivity index (χ0) is 17.9. The van der Waals surface area contributed by atoms with Gasteiger partial charge in [0.05, 0.1) is 13.2 Å². The van der Waals surface area contributed by atoms with Crippen molar-refractivity contribution in [2.75, 3.05) is 13.2 Å². The van der Waals surface area contributed by atoms with Crippen LogP contribution in [0, 0.1) is 5.41 Å². The highest BCUT2D eigenvalue weighted by molar-refractivity contribution is 6.00. The molecule has 23 heavy (non-hydrogen) atoms. The van der Waals surface area contributed by atoms with Crippen LogP contribution in [0.2, 0.25) is 0 Å². The van der Waals surface area contributed by atoms with E-state index in [0.29, 0.717) is 0 Å². The number of allylic oxidation sites excluding steroid dienone is 4. The van der Waals surface area contributed by atoms with Crippen LogP contribution in [0.1, 0.15) is 47.5 Å². The summed E-state index contributed by atoms with van der Waals surface area (Å²) in [5.41, 5.74) is 3.49. The Bertz CT molecular complexity index is 497. The summed E-state index contributed by atoms with van der Waals surface area (Å²) in [5, 5.41) is 0. The number of ether oxygens (including phenoxy) is 2. The Morgan fingerprint density at radius 1 is 1.04 bits per heavy atom. The summed E-state index contributed by atoms with van der Waals surface area (Å²) in [7, 11) is 0. The predicted octanol–water partition coefficient (Wildman–Crippen LogP) is 4.13. The van der Waals surface area contributed by atoms with Crippen molar-refractivity contribution in [1.82, 2.24) is 0 Å². The highest BCUT2D eigenvalue weighted by Gasteiger charge is 2.47. The van der Waals surface area contributed by atoms with Gasteiger partial charge in [-0.05, 0) is 59.1 Å². The van der Waals surface area contributed by atoms with E-state index in [0.717, 1.165) is 11.1 Å². The van der Waals surface area contributed by atoms with Crippen molar-refractivity contribution >= 4 is 11.9 Å². The maximum atomic E-state index is 12.5. The van der Waals surface area contributed by atoms with Crippen molar-refractivity contribution in [2.45, 2.75) is 47.5 Å². The molecular weight excluding hydrogens is 292 g/mol. The second kappa shape index (κ2) is 10.6. The van der Waals surface area contributed by atoms with Crippen LogP contribution in [-0.4, -0.2) is 25.2 Å². The van der Waals surface area contributed by atoms with Crippen LogP contribution in [-0.2, 0) is 19.1 Å². The summed E-state index contributed by atoms with van der Waals surface area (Å²) in [5.74, 6) is -1.14. The first-order valence-electron chi connectivity index (χ1n) is 7.86. The number of hydrogen-bond acceptors (Lipinski definition) is 4. The summed E-state index contributed by atoms with van der Waals surface area (Å²) >= 11 is 0. The number of rotatable bonds is 9. The summed E-state index contributed by atoms with van der Waals surface area (Å²) < 4.78 is 10.3. The van der Waals surface area contributed by atoms with Crippen LogP contribution in [0.25, 0.3) is 0 Å². The van der Waals surface area contributed by atoms with E-state index < -0.39 is 17.4 Å². The molecule has 0 amide bonds. The van der Waals surface area contributed by atoms with Gasteiger partial charge in [0, 0.05) is 0 Å². The Balaban J connectivity index is 5.87. The number of carbonyl (C=O) groups is 2. The Labute approximate surface area is 139 Å². The molecule has 0 unspecified atom stereocenters. The smallest absolute Gasteiger partial charge is 0.324 e. The van der Waals surface area contributed by atoms with Crippen molar-refractivity contribution < 1.29 is 19.1 Å². The molecule has 0 spiro atoms. The monoisotopic (exact) mass is 320 g/mol. The molecule has 0 N–H and O–H groups in total. The van der Waals surface area contributed by atoms with Gasteiger partial charge in [-0.3, -0.25) is 9.59 Å². The van der Waals surface area contributed by atoms with Crippen molar-refractivity contribution in [3.05, 3.63) is 41.7 Å². The van der Waals surface area contributed by atoms with Gasteiger partial charge < -0.3 is 9.47 Å². The summed E-state index contributed by atoms with van der Waals surface area (Å²) in [6.07, 6.45) is 5.55. The first-order valence-corrected chi connectivity index (χ1v) is 7.86. The lowest BCUT2D eigenvalue weighted by atomic mass is 9.80. The van der Waals surface area contributed by atoms with Crippen LogP contribution in [0.4, 0.5) is 0 Å². The van der Waals surface area contributed by atoms with Crippen molar-refractivity contribution in [3.63, 3.8) is 0 Å². The quantitative estimate of drug-likeness (QED) is 0.277. The summed E-state index contributed by atoms with van der Waals surface area (Å²) in [6.45, 7) is 13.2. The average molecular weight is 320 g/mol. The Morgan fingerprint density at radius 2 is 1.57 bits per heavy atom. The lowest BCUT2D eigenvalue weighted by Gasteiger charge is -2.27. The first-order chi connectivity index (χ1) is 10.8. The Kier molecular flexibility index (Phi) is 9.68. The van der Waals surface area contributed by atoms with Gasteiger partial charge in [0.25, 0.3) is 0 Å². The molecule has 0 radical (unpaired) electrons. The fourth-order valence-corrected chi connectivity index (χ4v) is 1.89. The topological polar surface area (TPSA) is 52.6 Å². The maximum Gasteiger partial charge on any atom is 0.324 e. The van der Waals surface area contributed by atoms with Gasteiger partial charge in [-0.2, -0.15) is 0 Å². The molecule has 0 aliphatic rings. The van der Waals surface area contributed by atoms with E-state index in [1.807, 2.05) is 20.8 Å². The molecule has 4 heteroatoms. The van der Waals surface area contributed by atoms with Crippen LogP contribution in [0.3, 0.4) is 0 Å². The molecule has 0 aromatic rings. The van der Waals surface area contributed by atoms with Crippen molar-refractivity contribution in [3.8, 4) is 0 Å². The van der Waals surface area contributed by atoms with Crippen LogP contribution < -0.4 is 0 Å². The third-order valence-corrected chi connectivity index (χ3v) is 3.27. The van der Waals surface area contributed by atoms with E-state index in [2.05, 4.69) is 12.3 Å². The average Bonchev–Trinajstić information content (AvgIpc) is 2.50. The first kappa shape index (κ1) is 20.9. The third kappa shape index (κ3) is 6.70. The van der Waals surface area contributed by atoms with Crippen LogP contribution in [0.5, 0.6) is 0 Å². The SMILES string of the molecule is C=C/C(C)=C/CC(CC=C=C(C)C)(C(=O)OCC)C(=O)OCC. The molecule has 4 nitrogen and oxygen atoms in total. The highest BCUT2D eigenvalue weighted by Crippen LogP contribution is 2.32. The Morgan fingerprint density at radius 3 is 1.96 bits per heavy atom. The predicted molar refractivity (Wildman–Crippen MR) is 91.8 cm³/mol. The highest BCUT2D eigenvalue weighted by atomic mass is 16.6. The van der Waals surface area contributed by atoms with E-state index in [1.54, 1.807) is 32.1 Å². The molecule has 0 bridgehead atoms. The molecule has 0 heterocycles. The molecule has 0 atom stereocenters. The molecule has 0 aromatic heterocycles. The molecule has 0 saturated carbocycles. The lowest BCUT2D eigenvalue weighted by molar-refractivity contribution is -0.171. The maximum absolute atomic E-state index is 12.5. The number of carbonyl (C=O) groups excluding carboxylic acids is 2. The standard InChI is InChI=1S/C19H28O4/c1-7-16(6)12-14-19(17(20)22-8-2,18(21)23-9-3)13-10-11-15(4)5/h7,10,12H,1,8-9,13-14H2,2-6H3/b16-12+. The zero-order valence-corrected chi connectivity index (χ0v) is 14.9. The van der Waals surface area contributed by atoms with Crippen molar-refractivity contribution in [1.29, 1.82) is 0 Å². The minimum atomic E-state index is -1.39. The van der Waals surface area contributed by atoms with Gasteiger partial charge in [-0.15, -0.1) is 5.73 Å². The zero-order valence-electron chi connectivity index (χ0n) is 14.9. The molecule has 0 saturated heterocycles. The van der Waals surface area contributed by atoms with Gasteiger partial charge in [-0.1, -0.05) is 24.3 Å². The number of esters is 2. The van der Waals surface area contributed by atoms with Gasteiger partial charge in [0.2, 0.25) is 0 Å². The van der Waals surface area contributed by atoms with Gasteiger partial charge in [-0.25, -0.2) is 0 Å². The van der Waals surface area contributed by atoms with E-state index >= 15 is 0 Å². The fraction of sp³-hybridized carbons (Fsp3) is 0.526. The largest absolute Gasteiger partial charge is 0.465 e. The van der Waals surface area contributed by atoms with E-state index in [1.165, 1.54) is 0 Å². The second-order valence-corrected chi connectivity index (χ2v) is 5.43. The Hall–Kier alpha value is -2.06. The fourth-order valence-electron chi connectivity index (χ4n) is 1.89. The molecule has 0 aliphatic heterocycles. The van der Waals surface area contributed by atoms with E-state index in [4.69, 9.17) is 9.47 Å².